The average Bonchev–Trinajstić information content (AvgIpc) is 3.93. The topological polar surface area (TPSA) is 47.1 Å². The number of carbonyl (C=O) groups is 2. The molecule has 258 valence electrons. The van der Waals surface area contributed by atoms with Crippen molar-refractivity contribution in [3.63, 3.8) is 0 Å². The van der Waals surface area contributed by atoms with Crippen LogP contribution in [0.5, 0.6) is 0 Å². The largest absolute Gasteiger partial charge is 0.370 e. The van der Waals surface area contributed by atoms with E-state index in [4.69, 9.17) is 11.6 Å². The first-order chi connectivity index (χ1) is 23.8. The van der Waals surface area contributed by atoms with Gasteiger partial charge >= 0.3 is 0 Å². The number of ketones is 2. The van der Waals surface area contributed by atoms with E-state index in [0.717, 1.165) is 38.2 Å². The van der Waals surface area contributed by atoms with Gasteiger partial charge in [0.2, 0.25) is 0 Å². The van der Waals surface area contributed by atoms with Gasteiger partial charge < -0.3 is 19.6 Å². The van der Waals surface area contributed by atoms with Gasteiger partial charge in [0.05, 0.1) is 5.02 Å². The van der Waals surface area contributed by atoms with E-state index in [-0.39, 0.29) is 19.0 Å². The zero-order valence-corrected chi connectivity index (χ0v) is 28.9. The van der Waals surface area contributed by atoms with E-state index in [9.17, 15) is 9.59 Å². The normalized spacial score (nSPS) is 21.9. The van der Waals surface area contributed by atoms with Crippen molar-refractivity contribution >= 4 is 34.5 Å². The number of fused-ring (bicyclic) bond motifs is 4. The number of allylic oxidation sites excluding steroid dienone is 2. The second-order valence-electron chi connectivity index (χ2n) is 13.7. The maximum atomic E-state index is 12.3. The molecule has 0 aliphatic carbocycles. The third-order valence-corrected chi connectivity index (χ3v) is 10.7. The molecule has 6 nitrogen and oxygen atoms in total. The molecule has 4 aliphatic heterocycles. The monoisotopic (exact) mass is 686 g/mol. The van der Waals surface area contributed by atoms with Gasteiger partial charge in [-0.1, -0.05) is 96.9 Å². The summed E-state index contributed by atoms with van der Waals surface area (Å²) in [6.45, 7) is 8.25. The molecule has 4 saturated heterocycles. The minimum atomic E-state index is -0.0382. The van der Waals surface area contributed by atoms with Crippen LogP contribution in [0.25, 0.3) is 0 Å². The number of piperazine rings is 2. The van der Waals surface area contributed by atoms with E-state index in [1.165, 1.54) is 28.9 Å². The van der Waals surface area contributed by atoms with Crippen LogP contribution in [0.3, 0.4) is 0 Å². The molecule has 0 unspecified atom stereocenters. The van der Waals surface area contributed by atoms with E-state index in [1.54, 1.807) is 24.3 Å². The summed E-state index contributed by atoms with van der Waals surface area (Å²) in [5.74, 6) is 0.0394. The molecule has 4 aromatic carbocycles. The van der Waals surface area contributed by atoms with Gasteiger partial charge in [-0.3, -0.25) is 9.59 Å². The fourth-order valence-electron chi connectivity index (χ4n) is 7.64. The Kier molecular flexibility index (Phi) is 10.8. The number of nitrogens with zero attached hydrogens (tertiary/aromatic N) is 4. The highest BCUT2D eigenvalue weighted by atomic mass is 35.5. The van der Waals surface area contributed by atoms with Crippen molar-refractivity contribution in [3.8, 4) is 0 Å². The van der Waals surface area contributed by atoms with Gasteiger partial charge in [0.1, 0.15) is 0 Å². The van der Waals surface area contributed by atoms with Gasteiger partial charge in [-0.25, -0.2) is 0 Å². The SMILES string of the molecule is C.Cc1ccc(N2C[C@H]3C[C@@H]2CN3/C=C/C(=O)c2ccccc2)cc1.Cc1ccc(N2C[C@H]3C[C@@H]2CN3/C=C/C(=O)c2ccccc2Cl)cc1. The number of anilines is 2. The first-order valence-electron chi connectivity index (χ1n) is 17.2. The number of likely N-dealkylation sites (tertiary alicyclic amines) is 2. The summed E-state index contributed by atoms with van der Waals surface area (Å²) in [5.41, 5.74) is 6.51. The highest BCUT2D eigenvalue weighted by Gasteiger charge is 2.43. The highest BCUT2D eigenvalue weighted by Crippen LogP contribution is 2.36. The third kappa shape index (κ3) is 7.66. The van der Waals surface area contributed by atoms with Crippen LogP contribution in [0.2, 0.25) is 5.02 Å². The second-order valence-corrected chi connectivity index (χ2v) is 14.1. The van der Waals surface area contributed by atoms with E-state index in [2.05, 4.69) is 82.0 Å². The van der Waals surface area contributed by atoms with Crippen LogP contribution in [0.4, 0.5) is 11.4 Å². The molecule has 0 spiro atoms. The predicted octanol–water partition coefficient (Wildman–Crippen LogP) is 8.60. The molecule has 7 heteroatoms. The molecular weight excluding hydrogens is 640 g/mol. The maximum absolute atomic E-state index is 12.3. The van der Waals surface area contributed by atoms with Crippen molar-refractivity contribution in [1.29, 1.82) is 0 Å². The van der Waals surface area contributed by atoms with Gasteiger partial charge in [0.15, 0.2) is 11.6 Å². The molecule has 8 rings (SSSR count). The van der Waals surface area contributed by atoms with Gasteiger partial charge in [-0.15, -0.1) is 0 Å². The molecule has 4 atom stereocenters. The Labute approximate surface area is 302 Å². The van der Waals surface area contributed by atoms with Crippen molar-refractivity contribution in [2.24, 2.45) is 0 Å². The highest BCUT2D eigenvalue weighted by molar-refractivity contribution is 6.34. The average molecular weight is 687 g/mol. The molecule has 0 N–H and O–H groups in total. The summed E-state index contributed by atoms with van der Waals surface area (Å²) in [6, 6.07) is 36.2. The Morgan fingerprint density at radius 3 is 1.50 bits per heavy atom. The Balaban J connectivity index is 0.000000170. The van der Waals surface area contributed by atoms with Crippen LogP contribution in [0, 0.1) is 13.8 Å². The van der Waals surface area contributed by atoms with E-state index in [1.807, 2.05) is 54.9 Å². The number of halogens is 1. The Bertz CT molecular complexity index is 1840. The first-order valence-corrected chi connectivity index (χ1v) is 17.6. The number of carbonyl (C=O) groups excluding carboxylic acids is 2. The smallest absolute Gasteiger partial charge is 0.188 e. The van der Waals surface area contributed by atoms with Gasteiger partial charge in [0, 0.05) is 97.4 Å². The summed E-state index contributed by atoms with van der Waals surface area (Å²) in [4.78, 5) is 34.2. The first kappa shape index (κ1) is 35.0. The zero-order valence-electron chi connectivity index (χ0n) is 28.2. The van der Waals surface area contributed by atoms with Gasteiger partial charge in [0.25, 0.3) is 0 Å². The van der Waals surface area contributed by atoms with Crippen LogP contribution >= 0.6 is 11.6 Å². The second kappa shape index (κ2) is 15.4. The number of aryl methyl sites for hydroxylation is 2. The van der Waals surface area contributed by atoms with Crippen LogP contribution in [-0.4, -0.2) is 71.7 Å². The Morgan fingerprint density at radius 1 is 0.580 bits per heavy atom. The molecule has 4 heterocycles. The van der Waals surface area contributed by atoms with E-state index < -0.39 is 0 Å². The predicted molar refractivity (Wildman–Crippen MR) is 206 cm³/mol. The fraction of sp³-hybridized carbons (Fsp3) is 0.302. The lowest BCUT2D eigenvalue weighted by Crippen LogP contribution is -2.44. The van der Waals surface area contributed by atoms with Crippen molar-refractivity contribution in [1.82, 2.24) is 9.80 Å². The summed E-state index contributed by atoms with van der Waals surface area (Å²) in [7, 11) is 0. The third-order valence-electron chi connectivity index (χ3n) is 10.3. The zero-order chi connectivity index (χ0) is 33.9. The summed E-state index contributed by atoms with van der Waals surface area (Å²) in [6.07, 6.45) is 9.63. The molecule has 4 fully saturated rings. The number of rotatable bonds is 8. The Morgan fingerprint density at radius 2 is 1.04 bits per heavy atom. The van der Waals surface area contributed by atoms with Crippen LogP contribution in [0.15, 0.2) is 128 Å². The van der Waals surface area contributed by atoms with Crippen LogP contribution in [0.1, 0.15) is 52.1 Å². The molecule has 4 aliphatic rings. The summed E-state index contributed by atoms with van der Waals surface area (Å²) >= 11 is 6.10. The molecule has 0 radical (unpaired) electrons. The maximum Gasteiger partial charge on any atom is 0.188 e. The number of hydrogen-bond donors (Lipinski definition) is 0. The molecule has 50 heavy (non-hydrogen) atoms. The minimum absolute atomic E-state index is 0. The van der Waals surface area contributed by atoms with Crippen molar-refractivity contribution < 1.29 is 9.59 Å². The van der Waals surface area contributed by atoms with Crippen LogP contribution < -0.4 is 9.80 Å². The molecule has 0 aromatic heterocycles. The van der Waals surface area contributed by atoms with Crippen LogP contribution in [-0.2, 0) is 0 Å². The van der Waals surface area contributed by atoms with Crippen molar-refractivity contribution in [2.45, 2.75) is 58.3 Å². The summed E-state index contributed by atoms with van der Waals surface area (Å²) < 4.78 is 0. The molecule has 4 aromatic rings. The number of benzene rings is 4. The fourth-order valence-corrected chi connectivity index (χ4v) is 7.87. The Hall–Kier alpha value is -4.81. The molecule has 4 bridgehead atoms. The van der Waals surface area contributed by atoms with Gasteiger partial charge in [-0.2, -0.15) is 0 Å². The van der Waals surface area contributed by atoms with E-state index in [0.29, 0.717) is 34.8 Å². The lowest BCUT2D eigenvalue weighted by molar-refractivity contribution is 0.103. The van der Waals surface area contributed by atoms with Gasteiger partial charge in [-0.05, 0) is 63.1 Å². The number of hydrogen-bond acceptors (Lipinski definition) is 6. The van der Waals surface area contributed by atoms with Crippen molar-refractivity contribution in [3.05, 3.63) is 155 Å². The molecule has 0 amide bonds. The summed E-state index contributed by atoms with van der Waals surface area (Å²) in [5, 5.41) is 0.505. The van der Waals surface area contributed by atoms with Crippen molar-refractivity contribution in [2.75, 3.05) is 36.0 Å². The quantitative estimate of drug-likeness (QED) is 0.137. The molecular formula is C43H47ClN4O2. The minimum Gasteiger partial charge on any atom is -0.370 e. The van der Waals surface area contributed by atoms with E-state index >= 15 is 0 Å². The standard InChI is InChI=1S/C21H21ClN2O.C21H22N2O.CH4/c1-15-6-8-16(9-7-15)24-14-17-12-18(24)13-23(17)11-10-21(25)19-4-2-3-5-20(19)22;1-16-7-9-18(10-8-16)23-15-19-13-20(23)14-22(19)12-11-21(24)17-5-3-2-4-6-17;/h2-11,17-18H,12-14H2,1H3;2-12,19-20H,13-15H2,1H3;1H4/b11-10+;12-11+;/t17-,18-;19-,20-;/m11./s1. The lowest BCUT2D eigenvalue weighted by Gasteiger charge is -2.35. The lowest BCUT2D eigenvalue weighted by atomic mass is 10.1. The molecule has 0 saturated carbocycles.